The number of nitrogens with one attached hydrogen (secondary N) is 5. The SMILES string of the molecule is CCCCCCCCCCNC(=N)NC(=N)NCc1ccc(Cl)c(Cl)c1.Cl. The average molecular weight is 437 g/mol. The average Bonchev–Trinajstić information content (AvgIpc) is 2.61. The Morgan fingerprint density at radius 2 is 1.44 bits per heavy atom. The monoisotopic (exact) mass is 435 g/mol. The van der Waals surface area contributed by atoms with Crippen LogP contribution in [0.15, 0.2) is 18.2 Å². The topological polar surface area (TPSA) is 83.8 Å². The highest BCUT2D eigenvalue weighted by Crippen LogP contribution is 2.22. The van der Waals surface area contributed by atoms with Crippen molar-refractivity contribution in [1.82, 2.24) is 16.0 Å². The van der Waals surface area contributed by atoms with Crippen LogP contribution in [0.5, 0.6) is 0 Å². The molecule has 5 N–H and O–H groups in total. The lowest BCUT2D eigenvalue weighted by molar-refractivity contribution is 0.572. The number of benzene rings is 1. The van der Waals surface area contributed by atoms with Crippen LogP contribution >= 0.6 is 35.6 Å². The summed E-state index contributed by atoms with van der Waals surface area (Å²) in [7, 11) is 0. The van der Waals surface area contributed by atoms with Crippen LogP contribution < -0.4 is 16.0 Å². The Hall–Kier alpha value is -1.17. The Morgan fingerprint density at radius 3 is 2.07 bits per heavy atom. The molecule has 1 rings (SSSR count). The van der Waals surface area contributed by atoms with Gasteiger partial charge in [-0.25, -0.2) is 0 Å². The summed E-state index contributed by atoms with van der Waals surface area (Å²) in [4.78, 5) is 0. The van der Waals surface area contributed by atoms with Gasteiger partial charge in [-0.05, 0) is 24.1 Å². The Labute approximate surface area is 179 Å². The molecule has 8 heteroatoms. The molecule has 0 spiro atoms. The lowest BCUT2D eigenvalue weighted by atomic mass is 10.1. The van der Waals surface area contributed by atoms with E-state index < -0.39 is 0 Å². The van der Waals surface area contributed by atoms with Gasteiger partial charge >= 0.3 is 0 Å². The zero-order valence-corrected chi connectivity index (χ0v) is 18.3. The molecule has 0 aromatic heterocycles. The molecule has 27 heavy (non-hydrogen) atoms. The van der Waals surface area contributed by atoms with Crippen LogP contribution in [0.25, 0.3) is 0 Å². The molecule has 1 aromatic rings. The predicted molar refractivity (Wildman–Crippen MR) is 120 cm³/mol. The molecule has 0 saturated heterocycles. The Bertz CT molecular complexity index is 566. The van der Waals surface area contributed by atoms with Gasteiger partial charge in [0, 0.05) is 13.1 Å². The molecule has 0 aliphatic carbocycles. The highest BCUT2D eigenvalue weighted by Gasteiger charge is 2.03. The first kappa shape index (κ1) is 25.8. The fourth-order valence-electron chi connectivity index (χ4n) is 2.53. The van der Waals surface area contributed by atoms with Crippen molar-refractivity contribution in [2.24, 2.45) is 0 Å². The quantitative estimate of drug-likeness (QED) is 0.175. The minimum atomic E-state index is 0. The molecule has 0 heterocycles. The molecule has 0 aliphatic rings. The Morgan fingerprint density at radius 1 is 0.852 bits per heavy atom. The molecule has 0 amide bonds. The maximum atomic E-state index is 7.83. The molecule has 0 bridgehead atoms. The first-order chi connectivity index (χ1) is 12.5. The lowest BCUT2D eigenvalue weighted by Gasteiger charge is -2.13. The Kier molecular flexibility index (Phi) is 15.2. The van der Waals surface area contributed by atoms with Gasteiger partial charge in [0.1, 0.15) is 0 Å². The van der Waals surface area contributed by atoms with E-state index in [2.05, 4.69) is 22.9 Å². The largest absolute Gasteiger partial charge is 0.356 e. The van der Waals surface area contributed by atoms with Gasteiger partial charge < -0.3 is 10.6 Å². The van der Waals surface area contributed by atoms with Crippen molar-refractivity contribution in [3.63, 3.8) is 0 Å². The van der Waals surface area contributed by atoms with Crippen LogP contribution in [-0.2, 0) is 6.54 Å². The number of hydrogen-bond donors (Lipinski definition) is 5. The molecular formula is C19H32Cl3N5. The maximum absolute atomic E-state index is 7.83. The summed E-state index contributed by atoms with van der Waals surface area (Å²) in [5, 5.41) is 25.2. The maximum Gasteiger partial charge on any atom is 0.195 e. The first-order valence-electron chi connectivity index (χ1n) is 9.38. The molecular weight excluding hydrogens is 405 g/mol. The van der Waals surface area contributed by atoms with Crippen molar-refractivity contribution in [2.45, 2.75) is 64.8 Å². The van der Waals surface area contributed by atoms with Crippen molar-refractivity contribution in [2.75, 3.05) is 6.54 Å². The van der Waals surface area contributed by atoms with Gasteiger partial charge in [-0.3, -0.25) is 16.1 Å². The third-order valence-corrected chi connectivity index (χ3v) is 4.77. The van der Waals surface area contributed by atoms with E-state index >= 15 is 0 Å². The smallest absolute Gasteiger partial charge is 0.195 e. The van der Waals surface area contributed by atoms with E-state index in [1.54, 1.807) is 12.1 Å². The van der Waals surface area contributed by atoms with Gasteiger partial charge in [0.05, 0.1) is 10.0 Å². The number of rotatable bonds is 11. The van der Waals surface area contributed by atoms with Gasteiger partial charge in [-0.2, -0.15) is 0 Å². The van der Waals surface area contributed by atoms with Crippen LogP contribution in [0.2, 0.25) is 10.0 Å². The van der Waals surface area contributed by atoms with Gasteiger partial charge in [-0.15, -0.1) is 12.4 Å². The molecule has 0 radical (unpaired) electrons. The van der Waals surface area contributed by atoms with Gasteiger partial charge in [0.25, 0.3) is 0 Å². The summed E-state index contributed by atoms with van der Waals surface area (Å²) in [6.45, 7) is 3.42. The number of hydrogen-bond acceptors (Lipinski definition) is 2. The second kappa shape index (κ2) is 15.8. The van der Waals surface area contributed by atoms with E-state index in [1.807, 2.05) is 6.07 Å². The van der Waals surface area contributed by atoms with Crippen molar-refractivity contribution in [3.8, 4) is 0 Å². The van der Waals surface area contributed by atoms with E-state index in [0.29, 0.717) is 16.6 Å². The molecule has 0 atom stereocenters. The fourth-order valence-corrected chi connectivity index (χ4v) is 2.85. The second-order valence-corrected chi connectivity index (χ2v) is 7.19. The van der Waals surface area contributed by atoms with Crippen LogP contribution in [0.1, 0.15) is 63.9 Å². The molecule has 154 valence electrons. The van der Waals surface area contributed by atoms with E-state index in [-0.39, 0.29) is 24.3 Å². The van der Waals surface area contributed by atoms with E-state index in [9.17, 15) is 0 Å². The molecule has 0 saturated carbocycles. The highest BCUT2D eigenvalue weighted by molar-refractivity contribution is 6.42. The van der Waals surface area contributed by atoms with E-state index in [4.69, 9.17) is 34.0 Å². The van der Waals surface area contributed by atoms with Crippen molar-refractivity contribution >= 4 is 47.5 Å². The zero-order valence-electron chi connectivity index (χ0n) is 16.0. The molecule has 0 unspecified atom stereocenters. The number of halogens is 3. The molecule has 1 aromatic carbocycles. The third kappa shape index (κ3) is 12.8. The fraction of sp³-hybridized carbons (Fsp3) is 0.579. The minimum absolute atomic E-state index is 0. The van der Waals surface area contributed by atoms with Crippen LogP contribution in [0.3, 0.4) is 0 Å². The van der Waals surface area contributed by atoms with Gasteiger partial charge in [0.15, 0.2) is 11.9 Å². The van der Waals surface area contributed by atoms with Crippen LogP contribution in [-0.4, -0.2) is 18.5 Å². The van der Waals surface area contributed by atoms with E-state index in [1.165, 1.54) is 44.9 Å². The lowest BCUT2D eigenvalue weighted by Crippen LogP contribution is -2.45. The summed E-state index contributed by atoms with van der Waals surface area (Å²) in [5.41, 5.74) is 0.921. The minimum Gasteiger partial charge on any atom is -0.356 e. The number of unbranched alkanes of at least 4 members (excludes halogenated alkanes) is 7. The standard InChI is InChI=1S/C19H31Cl2N5.ClH/c1-2-3-4-5-6-7-8-9-12-24-18(22)26-19(23)25-14-15-10-11-16(20)17(21)13-15;/h10-11,13H,2-9,12,14H2,1H3,(H5,22,23,24,25,26);1H. The summed E-state index contributed by atoms with van der Waals surface area (Å²) in [6, 6.07) is 5.33. The molecule has 5 nitrogen and oxygen atoms in total. The molecule has 0 aliphatic heterocycles. The van der Waals surface area contributed by atoms with Crippen molar-refractivity contribution < 1.29 is 0 Å². The third-order valence-electron chi connectivity index (χ3n) is 4.04. The molecule has 0 fully saturated rings. The first-order valence-corrected chi connectivity index (χ1v) is 10.1. The van der Waals surface area contributed by atoms with Crippen LogP contribution in [0.4, 0.5) is 0 Å². The summed E-state index contributed by atoms with van der Waals surface area (Å²) in [6.07, 6.45) is 10.1. The zero-order chi connectivity index (χ0) is 19.2. The summed E-state index contributed by atoms with van der Waals surface area (Å²) >= 11 is 11.8. The number of guanidine groups is 2. The Balaban J connectivity index is 0.00000676. The van der Waals surface area contributed by atoms with Crippen molar-refractivity contribution in [1.29, 1.82) is 10.8 Å². The van der Waals surface area contributed by atoms with E-state index in [0.717, 1.165) is 18.5 Å². The summed E-state index contributed by atoms with van der Waals surface area (Å²) in [5.74, 6) is 0.212. The van der Waals surface area contributed by atoms with Gasteiger partial charge in [-0.1, -0.05) is 81.1 Å². The van der Waals surface area contributed by atoms with Gasteiger partial charge in [0.2, 0.25) is 0 Å². The normalized spacial score (nSPS) is 10.0. The summed E-state index contributed by atoms with van der Waals surface area (Å²) < 4.78 is 0. The van der Waals surface area contributed by atoms with Crippen LogP contribution in [0, 0.1) is 10.8 Å². The van der Waals surface area contributed by atoms with Crippen molar-refractivity contribution in [3.05, 3.63) is 33.8 Å². The second-order valence-electron chi connectivity index (χ2n) is 6.38. The predicted octanol–water partition coefficient (Wildman–Crippen LogP) is 5.69. The highest BCUT2D eigenvalue weighted by atomic mass is 35.5.